The van der Waals surface area contributed by atoms with Crippen LogP contribution in [0.5, 0.6) is 0 Å². The number of hydrogen-bond donors (Lipinski definition) is 2. The SMILES string of the molecule is c1csc(Cc2[nH]nc3c2CCN3)c1. The van der Waals surface area contributed by atoms with Crippen molar-refractivity contribution in [3.63, 3.8) is 0 Å². The van der Waals surface area contributed by atoms with Crippen molar-refractivity contribution in [3.8, 4) is 0 Å². The van der Waals surface area contributed by atoms with E-state index in [0.717, 1.165) is 25.2 Å². The Labute approximate surface area is 86.2 Å². The van der Waals surface area contributed by atoms with E-state index in [4.69, 9.17) is 0 Å². The highest BCUT2D eigenvalue weighted by Gasteiger charge is 2.17. The third-order valence-corrected chi connectivity index (χ3v) is 3.43. The summed E-state index contributed by atoms with van der Waals surface area (Å²) in [7, 11) is 0. The van der Waals surface area contributed by atoms with Gasteiger partial charge in [-0.3, -0.25) is 5.10 Å². The van der Waals surface area contributed by atoms with Crippen LogP contribution in [0.2, 0.25) is 0 Å². The first-order valence-electron chi connectivity index (χ1n) is 4.76. The van der Waals surface area contributed by atoms with Crippen molar-refractivity contribution in [2.75, 3.05) is 11.9 Å². The number of nitrogens with one attached hydrogen (secondary N) is 2. The fraction of sp³-hybridized carbons (Fsp3) is 0.300. The zero-order valence-corrected chi connectivity index (χ0v) is 8.53. The van der Waals surface area contributed by atoms with Gasteiger partial charge < -0.3 is 5.32 Å². The van der Waals surface area contributed by atoms with E-state index in [-0.39, 0.29) is 0 Å². The summed E-state index contributed by atoms with van der Waals surface area (Å²) in [6.45, 7) is 1.03. The molecule has 3 nitrogen and oxygen atoms in total. The third kappa shape index (κ3) is 1.23. The van der Waals surface area contributed by atoms with Crippen LogP contribution >= 0.6 is 11.3 Å². The number of fused-ring (bicyclic) bond motifs is 1. The molecule has 0 aliphatic carbocycles. The molecule has 3 heterocycles. The van der Waals surface area contributed by atoms with Crippen LogP contribution in [0.4, 0.5) is 5.82 Å². The Morgan fingerprint density at radius 3 is 3.36 bits per heavy atom. The average Bonchev–Trinajstić information content (AvgIpc) is 2.85. The molecule has 1 aliphatic rings. The lowest BCUT2D eigenvalue weighted by molar-refractivity contribution is 0.958. The van der Waals surface area contributed by atoms with Gasteiger partial charge in [0.25, 0.3) is 0 Å². The molecule has 72 valence electrons. The molecule has 2 aromatic heterocycles. The maximum Gasteiger partial charge on any atom is 0.151 e. The van der Waals surface area contributed by atoms with Crippen LogP contribution in [0.25, 0.3) is 0 Å². The monoisotopic (exact) mass is 205 g/mol. The zero-order valence-electron chi connectivity index (χ0n) is 7.71. The van der Waals surface area contributed by atoms with Gasteiger partial charge in [0.15, 0.2) is 5.82 Å². The number of anilines is 1. The van der Waals surface area contributed by atoms with Crippen molar-refractivity contribution in [2.24, 2.45) is 0 Å². The normalized spacial score (nSPS) is 14.0. The number of nitrogens with zero attached hydrogens (tertiary/aromatic N) is 1. The van der Waals surface area contributed by atoms with Gasteiger partial charge in [0.05, 0.1) is 0 Å². The molecule has 3 rings (SSSR count). The Bertz CT molecular complexity index is 430. The molecule has 0 saturated carbocycles. The van der Waals surface area contributed by atoms with E-state index in [1.165, 1.54) is 16.1 Å². The minimum atomic E-state index is 0.988. The largest absolute Gasteiger partial charge is 0.368 e. The summed E-state index contributed by atoms with van der Waals surface area (Å²) >= 11 is 1.80. The van der Waals surface area contributed by atoms with E-state index in [2.05, 4.69) is 33.0 Å². The molecule has 1 aliphatic heterocycles. The fourth-order valence-electron chi connectivity index (χ4n) is 1.86. The molecule has 2 N–H and O–H groups in total. The van der Waals surface area contributed by atoms with Gasteiger partial charge in [-0.2, -0.15) is 5.10 Å². The van der Waals surface area contributed by atoms with Crippen LogP contribution in [0.3, 0.4) is 0 Å². The Balaban J connectivity index is 1.90. The highest BCUT2D eigenvalue weighted by Crippen LogP contribution is 2.25. The van der Waals surface area contributed by atoms with Crippen LogP contribution in [0.1, 0.15) is 16.1 Å². The van der Waals surface area contributed by atoms with Crippen LogP contribution in [0.15, 0.2) is 17.5 Å². The number of thiophene rings is 1. The Kier molecular flexibility index (Phi) is 1.80. The Hall–Kier alpha value is -1.29. The second-order valence-corrected chi connectivity index (χ2v) is 4.49. The molecule has 0 radical (unpaired) electrons. The van der Waals surface area contributed by atoms with Crippen molar-refractivity contribution >= 4 is 17.2 Å². The second-order valence-electron chi connectivity index (χ2n) is 3.46. The van der Waals surface area contributed by atoms with Gasteiger partial charge in [-0.25, -0.2) is 0 Å². The van der Waals surface area contributed by atoms with Crippen LogP contribution in [0, 0.1) is 0 Å². The molecule has 0 unspecified atom stereocenters. The van der Waals surface area contributed by atoms with Gasteiger partial charge in [0.1, 0.15) is 0 Å². The van der Waals surface area contributed by atoms with Crippen molar-refractivity contribution < 1.29 is 0 Å². The van der Waals surface area contributed by atoms with Crippen molar-refractivity contribution in [1.29, 1.82) is 0 Å². The maximum absolute atomic E-state index is 4.25. The smallest absolute Gasteiger partial charge is 0.151 e. The fourth-order valence-corrected chi connectivity index (χ4v) is 2.57. The molecule has 0 atom stereocenters. The van der Waals surface area contributed by atoms with E-state index < -0.39 is 0 Å². The lowest BCUT2D eigenvalue weighted by atomic mass is 10.1. The first-order chi connectivity index (χ1) is 6.93. The van der Waals surface area contributed by atoms with E-state index in [9.17, 15) is 0 Å². The van der Waals surface area contributed by atoms with E-state index in [1.54, 1.807) is 11.3 Å². The number of rotatable bonds is 2. The molecule has 0 spiro atoms. The summed E-state index contributed by atoms with van der Waals surface area (Å²) < 4.78 is 0. The van der Waals surface area contributed by atoms with Crippen molar-refractivity contribution in [3.05, 3.63) is 33.6 Å². The van der Waals surface area contributed by atoms with Crippen molar-refractivity contribution in [1.82, 2.24) is 10.2 Å². The molecule has 2 aromatic rings. The van der Waals surface area contributed by atoms with E-state index in [0.29, 0.717) is 0 Å². The number of H-pyrrole nitrogens is 1. The molecule has 0 bridgehead atoms. The molecular formula is C10H11N3S. The maximum atomic E-state index is 4.25. The summed E-state index contributed by atoms with van der Waals surface area (Å²) in [5.74, 6) is 1.05. The minimum Gasteiger partial charge on any atom is -0.368 e. The first kappa shape index (κ1) is 8.05. The average molecular weight is 205 g/mol. The Morgan fingerprint density at radius 2 is 2.50 bits per heavy atom. The zero-order chi connectivity index (χ0) is 9.38. The lowest BCUT2D eigenvalue weighted by Gasteiger charge is -1.96. The van der Waals surface area contributed by atoms with Gasteiger partial charge in [-0.05, 0) is 17.9 Å². The highest BCUT2D eigenvalue weighted by molar-refractivity contribution is 7.09. The van der Waals surface area contributed by atoms with Crippen LogP contribution in [-0.4, -0.2) is 16.7 Å². The second kappa shape index (κ2) is 3.13. The van der Waals surface area contributed by atoms with Gasteiger partial charge in [-0.1, -0.05) is 6.07 Å². The minimum absolute atomic E-state index is 0.988. The topological polar surface area (TPSA) is 40.7 Å². The van der Waals surface area contributed by atoms with E-state index in [1.807, 2.05) is 0 Å². The molecule has 14 heavy (non-hydrogen) atoms. The quantitative estimate of drug-likeness (QED) is 0.787. The molecule has 0 saturated heterocycles. The standard InChI is InChI=1S/C10H11N3S/c1-2-7(14-5-1)6-9-8-3-4-11-10(8)13-12-9/h1-2,5H,3-4,6H2,(H2,11,12,13). The number of aromatic nitrogens is 2. The third-order valence-electron chi connectivity index (χ3n) is 2.55. The summed E-state index contributed by atoms with van der Waals surface area (Å²) in [4.78, 5) is 1.39. The molecule has 0 aromatic carbocycles. The molecular weight excluding hydrogens is 194 g/mol. The van der Waals surface area contributed by atoms with Gasteiger partial charge in [0.2, 0.25) is 0 Å². The van der Waals surface area contributed by atoms with Crippen molar-refractivity contribution in [2.45, 2.75) is 12.8 Å². The van der Waals surface area contributed by atoms with Gasteiger partial charge >= 0.3 is 0 Å². The number of aromatic amines is 1. The summed E-state index contributed by atoms with van der Waals surface area (Å²) in [5, 5.41) is 12.7. The van der Waals surface area contributed by atoms with Gasteiger partial charge in [-0.15, -0.1) is 11.3 Å². The van der Waals surface area contributed by atoms with Crippen LogP contribution in [-0.2, 0) is 12.8 Å². The van der Waals surface area contributed by atoms with Gasteiger partial charge in [0, 0.05) is 29.1 Å². The highest BCUT2D eigenvalue weighted by atomic mass is 32.1. The van der Waals surface area contributed by atoms with Crippen LogP contribution < -0.4 is 5.32 Å². The molecule has 0 fully saturated rings. The molecule has 0 amide bonds. The number of hydrogen-bond acceptors (Lipinski definition) is 3. The summed E-state index contributed by atoms with van der Waals surface area (Å²) in [6.07, 6.45) is 2.09. The summed E-state index contributed by atoms with van der Waals surface area (Å²) in [6, 6.07) is 4.26. The predicted octanol–water partition coefficient (Wildman–Crippen LogP) is 2.03. The summed E-state index contributed by atoms with van der Waals surface area (Å²) in [5.41, 5.74) is 2.64. The lowest BCUT2D eigenvalue weighted by Crippen LogP contribution is -1.96. The molecule has 4 heteroatoms. The first-order valence-corrected chi connectivity index (χ1v) is 5.64. The predicted molar refractivity (Wildman–Crippen MR) is 57.9 cm³/mol. The van der Waals surface area contributed by atoms with E-state index >= 15 is 0 Å². The Morgan fingerprint density at radius 1 is 1.50 bits per heavy atom.